The Hall–Kier alpha value is -3.33. The minimum absolute atomic E-state index is 0.0504. The number of alkyl halides is 1. The van der Waals surface area contributed by atoms with E-state index >= 15 is 0 Å². The number of hydrogen-bond donors (Lipinski definition) is 2. The first-order valence-electron chi connectivity index (χ1n) is 11.1. The maximum Gasteiger partial charge on any atom is 0.162 e. The third-order valence-electron chi connectivity index (χ3n) is 7.01. The number of rotatable bonds is 3. The number of benzene rings is 1. The number of fused-ring (bicyclic) bond motifs is 1. The quantitative estimate of drug-likeness (QED) is 0.513. The Kier molecular flexibility index (Phi) is 4.46. The lowest BCUT2D eigenvalue weighted by Gasteiger charge is -2.41. The van der Waals surface area contributed by atoms with Crippen LogP contribution < -0.4 is 5.32 Å². The van der Waals surface area contributed by atoms with E-state index in [1.165, 1.54) is 12.8 Å². The molecule has 1 spiro atoms. The van der Waals surface area contributed by atoms with Gasteiger partial charge in [-0.25, -0.2) is 9.07 Å². The highest BCUT2D eigenvalue weighted by Gasteiger charge is 2.43. The molecule has 0 radical (unpaired) electrons. The second-order valence-electron chi connectivity index (χ2n) is 8.94. The zero-order valence-corrected chi connectivity index (χ0v) is 17.5. The van der Waals surface area contributed by atoms with Gasteiger partial charge in [-0.05, 0) is 43.5 Å². The van der Waals surface area contributed by atoms with E-state index in [0.717, 1.165) is 24.6 Å². The molecule has 2 atom stereocenters. The van der Waals surface area contributed by atoms with Gasteiger partial charge in [-0.3, -0.25) is 0 Å². The van der Waals surface area contributed by atoms with Gasteiger partial charge in [-0.15, -0.1) is 15.3 Å². The predicted molar refractivity (Wildman–Crippen MR) is 117 cm³/mol. The van der Waals surface area contributed by atoms with Crippen LogP contribution in [0.5, 0.6) is 5.75 Å². The van der Waals surface area contributed by atoms with E-state index < -0.39 is 6.17 Å². The van der Waals surface area contributed by atoms with Crippen LogP contribution in [0.25, 0.3) is 28.0 Å². The van der Waals surface area contributed by atoms with Gasteiger partial charge >= 0.3 is 0 Å². The number of aromatic hydroxyl groups is 1. The first kappa shape index (κ1) is 19.4. The van der Waals surface area contributed by atoms with Crippen molar-refractivity contribution in [3.63, 3.8) is 0 Å². The highest BCUT2D eigenvalue weighted by Crippen LogP contribution is 2.42. The van der Waals surface area contributed by atoms with E-state index in [1.54, 1.807) is 29.2 Å². The Balaban J connectivity index is 1.33. The number of hydrogen-bond acceptors (Lipinski definition) is 6. The van der Waals surface area contributed by atoms with Crippen LogP contribution in [0.1, 0.15) is 38.1 Å². The Bertz CT molecular complexity index is 1260. The summed E-state index contributed by atoms with van der Waals surface area (Å²) >= 11 is 0. The molecule has 0 amide bonds. The molecule has 1 aromatic carbocycles. The van der Waals surface area contributed by atoms with Gasteiger partial charge in [0.1, 0.15) is 11.9 Å². The Labute approximate surface area is 184 Å². The molecule has 2 N–H and O–H groups in total. The van der Waals surface area contributed by atoms with Gasteiger partial charge in [0, 0.05) is 35.3 Å². The van der Waals surface area contributed by atoms with E-state index in [2.05, 4.69) is 25.8 Å². The summed E-state index contributed by atoms with van der Waals surface area (Å²) in [4.78, 5) is 0. The zero-order valence-electron chi connectivity index (χ0n) is 17.5. The van der Waals surface area contributed by atoms with Gasteiger partial charge in [-0.2, -0.15) is 0 Å². The van der Waals surface area contributed by atoms with E-state index in [9.17, 15) is 9.50 Å². The lowest BCUT2D eigenvalue weighted by atomic mass is 9.83. The van der Waals surface area contributed by atoms with Gasteiger partial charge in [0.25, 0.3) is 0 Å². The van der Waals surface area contributed by atoms with Gasteiger partial charge in [0.15, 0.2) is 5.65 Å². The van der Waals surface area contributed by atoms with E-state index in [1.807, 2.05) is 29.0 Å². The van der Waals surface area contributed by atoms with Crippen molar-refractivity contribution >= 4 is 11.0 Å². The molecule has 9 heteroatoms. The van der Waals surface area contributed by atoms with Crippen molar-refractivity contribution in [1.29, 1.82) is 0 Å². The smallest absolute Gasteiger partial charge is 0.162 e. The lowest BCUT2D eigenvalue weighted by molar-refractivity contribution is 0.109. The molecule has 0 unspecified atom stereocenters. The molecule has 4 aromatic rings. The fourth-order valence-corrected chi connectivity index (χ4v) is 5.33. The van der Waals surface area contributed by atoms with E-state index in [4.69, 9.17) is 0 Å². The number of aromatic nitrogens is 6. The lowest BCUT2D eigenvalue weighted by Crippen LogP contribution is -2.54. The van der Waals surface area contributed by atoms with Crippen LogP contribution in [-0.2, 0) is 0 Å². The number of halogens is 1. The molecule has 3 aromatic heterocycles. The normalized spacial score (nSPS) is 22.7. The van der Waals surface area contributed by atoms with Crippen LogP contribution in [0, 0.1) is 0 Å². The molecule has 6 rings (SSSR count). The van der Waals surface area contributed by atoms with E-state index in [0.29, 0.717) is 29.1 Å². The maximum atomic E-state index is 15.0. The van der Waals surface area contributed by atoms with Crippen LogP contribution in [0.4, 0.5) is 4.39 Å². The van der Waals surface area contributed by atoms with Gasteiger partial charge < -0.3 is 15.0 Å². The highest BCUT2D eigenvalue weighted by atomic mass is 19.1. The molecule has 8 nitrogen and oxygen atoms in total. The number of nitrogens with zero attached hydrogens (tertiary/aromatic N) is 6. The second-order valence-corrected chi connectivity index (χ2v) is 8.94. The summed E-state index contributed by atoms with van der Waals surface area (Å²) in [5, 5.41) is 31.5. The molecule has 4 heterocycles. The van der Waals surface area contributed by atoms with Crippen molar-refractivity contribution in [2.75, 3.05) is 6.54 Å². The average molecular weight is 433 g/mol. The number of nitrogens with one attached hydrogen (secondary N) is 1. The van der Waals surface area contributed by atoms with Crippen molar-refractivity contribution in [3.05, 3.63) is 48.9 Å². The van der Waals surface area contributed by atoms with Gasteiger partial charge in [0.2, 0.25) is 0 Å². The highest BCUT2D eigenvalue weighted by molar-refractivity contribution is 5.81. The summed E-state index contributed by atoms with van der Waals surface area (Å²) in [6, 6.07) is 8.83. The van der Waals surface area contributed by atoms with E-state index in [-0.39, 0.29) is 17.3 Å². The van der Waals surface area contributed by atoms with Crippen LogP contribution in [-0.4, -0.2) is 53.1 Å². The fraction of sp³-hybridized carbons (Fsp3) is 0.391. The van der Waals surface area contributed by atoms with Crippen molar-refractivity contribution in [3.8, 4) is 22.7 Å². The third-order valence-corrected chi connectivity index (χ3v) is 7.01. The maximum absolute atomic E-state index is 15.0. The molecule has 2 aliphatic rings. The average Bonchev–Trinajstić information content (AvgIpc) is 3.57. The Morgan fingerprint density at radius 2 is 1.97 bits per heavy atom. The van der Waals surface area contributed by atoms with Crippen LogP contribution in [0.3, 0.4) is 0 Å². The minimum atomic E-state index is -0.966. The van der Waals surface area contributed by atoms with Gasteiger partial charge in [0.05, 0.1) is 29.8 Å². The summed E-state index contributed by atoms with van der Waals surface area (Å²) in [6.45, 7) is 0.377. The molecule has 32 heavy (non-hydrogen) atoms. The van der Waals surface area contributed by atoms with Crippen molar-refractivity contribution in [2.45, 2.75) is 49.9 Å². The predicted octanol–water partition coefficient (Wildman–Crippen LogP) is 3.57. The van der Waals surface area contributed by atoms with Crippen LogP contribution >= 0.6 is 0 Å². The first-order valence-corrected chi connectivity index (χ1v) is 11.1. The summed E-state index contributed by atoms with van der Waals surface area (Å²) in [6.07, 6.45) is 9.62. The first-order chi connectivity index (χ1) is 15.6. The Morgan fingerprint density at radius 3 is 2.75 bits per heavy atom. The van der Waals surface area contributed by atoms with Crippen molar-refractivity contribution in [2.24, 2.45) is 0 Å². The molecule has 164 valence electrons. The number of piperidine rings is 1. The Morgan fingerprint density at radius 1 is 1.09 bits per heavy atom. The third kappa shape index (κ3) is 3.15. The summed E-state index contributed by atoms with van der Waals surface area (Å²) in [7, 11) is 0. The minimum Gasteiger partial charge on any atom is -0.507 e. The summed E-state index contributed by atoms with van der Waals surface area (Å²) in [5.74, 6) is 0.0800. The van der Waals surface area contributed by atoms with Gasteiger partial charge in [-0.1, -0.05) is 18.1 Å². The number of phenolic OH excluding ortho intramolecular Hbond substituents is 1. The summed E-state index contributed by atoms with van der Waals surface area (Å²) in [5.41, 5.74) is 2.56. The number of phenols is 1. The van der Waals surface area contributed by atoms with Crippen LogP contribution in [0.15, 0.2) is 48.9 Å². The fourth-order valence-electron chi connectivity index (χ4n) is 5.33. The molecular formula is C23H24FN7O. The summed E-state index contributed by atoms with van der Waals surface area (Å²) < 4.78 is 18.5. The molecule has 1 aliphatic carbocycles. The molecular weight excluding hydrogens is 409 g/mol. The van der Waals surface area contributed by atoms with Crippen molar-refractivity contribution < 1.29 is 9.50 Å². The van der Waals surface area contributed by atoms with Crippen LogP contribution in [0.2, 0.25) is 0 Å². The monoisotopic (exact) mass is 433 g/mol. The molecule has 1 saturated heterocycles. The second kappa shape index (κ2) is 7.37. The molecule has 2 fully saturated rings. The molecule has 1 saturated carbocycles. The largest absolute Gasteiger partial charge is 0.507 e. The molecule has 1 aliphatic heterocycles. The topological polar surface area (TPSA) is 93.7 Å². The SMILES string of the molecule is Oc1cc(-n2ccnn2)ccc1-c1cc2ccn([C@H]3CC4(CCCC4)NC[C@H]3F)c2nn1. The molecule has 0 bridgehead atoms. The van der Waals surface area contributed by atoms with Crippen molar-refractivity contribution in [1.82, 2.24) is 35.1 Å². The standard InChI is InChI=1S/C23H24FN7O/c24-18-14-25-23(6-1-2-7-23)13-20(18)30-9-5-15-11-19(27-28-22(15)30)17-4-3-16(12-21(17)32)31-10-8-26-29-31/h3-5,8-12,18,20,25,32H,1-2,6-7,13-14H2/t18-,20+/m1/s1. The zero-order chi connectivity index (χ0) is 21.7.